The van der Waals surface area contributed by atoms with Crippen LogP contribution in [0.2, 0.25) is 0 Å². The van der Waals surface area contributed by atoms with Gasteiger partial charge in [0.05, 0.1) is 19.3 Å². The molecular formula is C25H32F3N3O3. The fourth-order valence-electron chi connectivity index (χ4n) is 5.32. The van der Waals surface area contributed by atoms with Crippen LogP contribution in [0.1, 0.15) is 55.7 Å². The van der Waals surface area contributed by atoms with Crippen molar-refractivity contribution in [2.75, 3.05) is 26.7 Å². The Hall–Kier alpha value is -2.55. The summed E-state index contributed by atoms with van der Waals surface area (Å²) in [5, 5.41) is 0. The van der Waals surface area contributed by atoms with Crippen molar-refractivity contribution in [2.45, 2.75) is 63.6 Å². The zero-order valence-corrected chi connectivity index (χ0v) is 19.5. The number of imidazole rings is 1. The molecule has 9 heteroatoms. The first-order valence-electron chi connectivity index (χ1n) is 12.0. The monoisotopic (exact) mass is 479 g/mol. The standard InChI is InChI=1S/C25H32F3N3O3/c1-34-23(32)9-4-18-2-6-21(7-3-18)30-14-15-31(24(30)33)22-8-5-19-10-12-29(17-25(26,27)28)13-11-20(19)16-22/h5,8,14-16,18,21H,2-4,6-7,9-13,17H2,1H3. The molecule has 0 N–H and O–H groups in total. The van der Waals surface area contributed by atoms with Gasteiger partial charge < -0.3 is 4.74 Å². The van der Waals surface area contributed by atoms with Gasteiger partial charge in [-0.05, 0) is 74.1 Å². The number of hydrogen-bond donors (Lipinski definition) is 0. The summed E-state index contributed by atoms with van der Waals surface area (Å²) >= 11 is 0. The van der Waals surface area contributed by atoms with E-state index >= 15 is 0 Å². The fraction of sp³-hybridized carbons (Fsp3) is 0.600. The molecule has 1 aliphatic carbocycles. The van der Waals surface area contributed by atoms with Crippen molar-refractivity contribution >= 4 is 5.97 Å². The lowest BCUT2D eigenvalue weighted by molar-refractivity contribution is -0.145. The third kappa shape index (κ3) is 5.92. The molecule has 2 aromatic rings. The number of aromatic nitrogens is 2. The molecule has 0 atom stereocenters. The molecule has 2 aliphatic rings. The highest BCUT2D eigenvalue weighted by molar-refractivity contribution is 5.69. The maximum atomic E-state index is 13.2. The number of carbonyl (C=O) groups is 1. The average Bonchev–Trinajstić information content (AvgIpc) is 3.08. The molecule has 0 radical (unpaired) electrons. The molecule has 1 saturated carbocycles. The summed E-state index contributed by atoms with van der Waals surface area (Å²) < 4.78 is 46.5. The first-order valence-corrected chi connectivity index (χ1v) is 12.0. The van der Waals surface area contributed by atoms with Crippen LogP contribution in [0.5, 0.6) is 0 Å². The van der Waals surface area contributed by atoms with Gasteiger partial charge in [0.15, 0.2) is 0 Å². The molecule has 0 spiro atoms. The quantitative estimate of drug-likeness (QED) is 0.581. The van der Waals surface area contributed by atoms with E-state index in [0.717, 1.165) is 48.9 Å². The first-order chi connectivity index (χ1) is 16.2. The molecule has 0 saturated heterocycles. The molecule has 0 bridgehead atoms. The molecule has 2 heterocycles. The Balaban J connectivity index is 1.41. The van der Waals surface area contributed by atoms with Crippen molar-refractivity contribution in [3.8, 4) is 5.69 Å². The Bertz CT molecular complexity index is 1050. The van der Waals surface area contributed by atoms with Crippen LogP contribution in [0.15, 0.2) is 35.4 Å². The van der Waals surface area contributed by atoms with E-state index < -0.39 is 12.7 Å². The molecule has 1 fully saturated rings. The normalized spacial score (nSPS) is 21.6. The van der Waals surface area contributed by atoms with Gasteiger partial charge in [-0.2, -0.15) is 13.2 Å². The van der Waals surface area contributed by atoms with Crippen LogP contribution in [-0.4, -0.2) is 52.9 Å². The summed E-state index contributed by atoms with van der Waals surface area (Å²) in [5.74, 6) is 0.305. The maximum Gasteiger partial charge on any atom is 0.401 e. The molecule has 0 amide bonds. The van der Waals surface area contributed by atoms with Crippen molar-refractivity contribution in [2.24, 2.45) is 5.92 Å². The number of halogens is 3. The van der Waals surface area contributed by atoms with E-state index in [1.54, 1.807) is 15.3 Å². The second kappa shape index (κ2) is 10.4. The molecule has 1 aromatic heterocycles. The lowest BCUT2D eigenvalue weighted by Crippen LogP contribution is -2.35. The van der Waals surface area contributed by atoms with E-state index in [2.05, 4.69) is 0 Å². The Labute approximate surface area is 197 Å². The molecule has 1 aromatic carbocycles. The lowest BCUT2D eigenvalue weighted by atomic mass is 9.83. The number of methoxy groups -OCH3 is 1. The molecular weight excluding hydrogens is 447 g/mol. The molecule has 0 unspecified atom stereocenters. The Morgan fingerprint density at radius 3 is 2.44 bits per heavy atom. The van der Waals surface area contributed by atoms with Gasteiger partial charge in [-0.3, -0.25) is 18.8 Å². The maximum absolute atomic E-state index is 13.2. The number of fused-ring (bicyclic) bond motifs is 1. The Kier molecular flexibility index (Phi) is 7.50. The number of rotatable bonds is 6. The fourth-order valence-corrected chi connectivity index (χ4v) is 5.32. The Morgan fingerprint density at radius 2 is 1.76 bits per heavy atom. The summed E-state index contributed by atoms with van der Waals surface area (Å²) in [6, 6.07) is 5.91. The van der Waals surface area contributed by atoms with Gasteiger partial charge in [-0.25, -0.2) is 4.79 Å². The topological polar surface area (TPSA) is 56.5 Å². The lowest BCUT2D eigenvalue weighted by Gasteiger charge is -2.28. The van der Waals surface area contributed by atoms with Gasteiger partial charge in [-0.1, -0.05) is 6.07 Å². The van der Waals surface area contributed by atoms with Gasteiger partial charge in [0, 0.05) is 37.9 Å². The van der Waals surface area contributed by atoms with Gasteiger partial charge in [0.2, 0.25) is 0 Å². The molecule has 4 rings (SSSR count). The molecule has 1 aliphatic heterocycles. The number of carbonyl (C=O) groups excluding carboxylic acids is 1. The predicted molar refractivity (Wildman–Crippen MR) is 122 cm³/mol. The van der Waals surface area contributed by atoms with Crippen molar-refractivity contribution in [1.82, 2.24) is 14.0 Å². The first kappa shape index (κ1) is 24.6. The summed E-state index contributed by atoms with van der Waals surface area (Å²) in [5.41, 5.74) is 2.71. The molecule has 6 nitrogen and oxygen atoms in total. The second-order valence-corrected chi connectivity index (χ2v) is 9.49. The van der Waals surface area contributed by atoms with Gasteiger partial charge in [0.25, 0.3) is 0 Å². The van der Waals surface area contributed by atoms with Crippen molar-refractivity contribution < 1.29 is 22.7 Å². The van der Waals surface area contributed by atoms with E-state index in [0.29, 0.717) is 38.3 Å². The molecule has 34 heavy (non-hydrogen) atoms. The van der Waals surface area contributed by atoms with Crippen molar-refractivity contribution in [1.29, 1.82) is 0 Å². The third-order valence-corrected chi connectivity index (χ3v) is 7.26. The molecule has 186 valence electrons. The summed E-state index contributed by atoms with van der Waals surface area (Å²) in [7, 11) is 1.41. The van der Waals surface area contributed by atoms with Gasteiger partial charge >= 0.3 is 17.8 Å². The number of alkyl halides is 3. The SMILES string of the molecule is COC(=O)CCC1CCC(n2ccn(-c3ccc4c(c3)CCN(CC(F)(F)F)CC4)c2=O)CC1. The minimum absolute atomic E-state index is 0.0923. The average molecular weight is 480 g/mol. The number of benzene rings is 1. The highest BCUT2D eigenvalue weighted by Crippen LogP contribution is 2.34. The zero-order valence-electron chi connectivity index (χ0n) is 19.5. The second-order valence-electron chi connectivity index (χ2n) is 9.49. The van der Waals surface area contributed by atoms with Crippen LogP contribution in [0.4, 0.5) is 13.2 Å². The number of nitrogens with zero attached hydrogens (tertiary/aromatic N) is 3. The van der Waals surface area contributed by atoms with E-state index in [1.165, 1.54) is 12.0 Å². The minimum Gasteiger partial charge on any atom is -0.469 e. The van der Waals surface area contributed by atoms with E-state index in [4.69, 9.17) is 4.74 Å². The summed E-state index contributed by atoms with van der Waals surface area (Å²) in [6.45, 7) is -0.156. The highest BCUT2D eigenvalue weighted by Gasteiger charge is 2.31. The number of esters is 1. The van der Waals surface area contributed by atoms with Crippen LogP contribution in [0, 0.1) is 5.92 Å². The van der Waals surface area contributed by atoms with Crippen LogP contribution in [0.25, 0.3) is 5.69 Å². The Morgan fingerprint density at radius 1 is 1.06 bits per heavy atom. The number of ether oxygens (including phenoxy) is 1. The third-order valence-electron chi connectivity index (χ3n) is 7.26. The van der Waals surface area contributed by atoms with Crippen LogP contribution < -0.4 is 5.69 Å². The van der Waals surface area contributed by atoms with Gasteiger partial charge in [-0.15, -0.1) is 0 Å². The van der Waals surface area contributed by atoms with E-state index in [1.807, 2.05) is 24.4 Å². The predicted octanol–water partition coefficient (Wildman–Crippen LogP) is 4.29. The van der Waals surface area contributed by atoms with Crippen molar-refractivity contribution in [3.05, 3.63) is 52.2 Å². The summed E-state index contributed by atoms with van der Waals surface area (Å²) in [6.07, 6.45) is 5.53. The smallest absolute Gasteiger partial charge is 0.401 e. The summed E-state index contributed by atoms with van der Waals surface area (Å²) in [4.78, 5) is 26.0. The van der Waals surface area contributed by atoms with Crippen LogP contribution in [0.3, 0.4) is 0 Å². The van der Waals surface area contributed by atoms with E-state index in [9.17, 15) is 22.8 Å². The van der Waals surface area contributed by atoms with Crippen molar-refractivity contribution in [3.63, 3.8) is 0 Å². The number of hydrogen-bond acceptors (Lipinski definition) is 4. The van der Waals surface area contributed by atoms with Crippen LogP contribution in [-0.2, 0) is 22.4 Å². The van der Waals surface area contributed by atoms with Gasteiger partial charge in [0.1, 0.15) is 0 Å². The van der Waals surface area contributed by atoms with E-state index in [-0.39, 0.29) is 17.7 Å². The highest BCUT2D eigenvalue weighted by atomic mass is 19.4. The zero-order chi connectivity index (χ0) is 24.3. The minimum atomic E-state index is -4.20. The van der Waals surface area contributed by atoms with Crippen LogP contribution >= 0.6 is 0 Å². The largest absolute Gasteiger partial charge is 0.469 e.